The van der Waals surface area contributed by atoms with Crippen molar-refractivity contribution in [3.63, 3.8) is 0 Å². The van der Waals surface area contributed by atoms with Crippen molar-refractivity contribution < 1.29 is 7.54 Å². The summed E-state index contributed by atoms with van der Waals surface area (Å²) in [6.07, 6.45) is 1.30. The van der Waals surface area contributed by atoms with Crippen LogP contribution in [0, 0.1) is 0 Å². The van der Waals surface area contributed by atoms with Crippen molar-refractivity contribution in [2.45, 2.75) is 32.2 Å². The molecule has 0 aromatic carbocycles. The highest BCUT2D eigenvalue weighted by Gasteiger charge is 2.05. The van der Waals surface area contributed by atoms with E-state index in [1.807, 2.05) is 0 Å². The summed E-state index contributed by atoms with van der Waals surface area (Å²) in [5.41, 5.74) is 10.5. The lowest BCUT2D eigenvalue weighted by Gasteiger charge is -2.05. The molecule has 1 atom stereocenters. The van der Waals surface area contributed by atoms with Crippen molar-refractivity contribution in [3.05, 3.63) is 0 Å². The molecule has 0 heterocycles. The van der Waals surface area contributed by atoms with Gasteiger partial charge in [0.05, 0.1) is 6.04 Å². The molecule has 0 rings (SSSR count). The summed E-state index contributed by atoms with van der Waals surface area (Å²) in [6, 6.07) is -0.465. The quantitative estimate of drug-likeness (QED) is 0.429. The second-order valence-electron chi connectivity index (χ2n) is 2.31. The van der Waals surface area contributed by atoms with Gasteiger partial charge in [0, 0.05) is 2.74 Å². The molecule has 0 unspecified atom stereocenters. The Kier molecular flexibility index (Phi) is 3.40. The number of rotatable bonds is 5. The van der Waals surface area contributed by atoms with E-state index in [9.17, 15) is 4.79 Å². The first-order valence-electron chi connectivity index (χ1n) is 4.38. The SMILES string of the molecule is [2H][13C]([2H])([15NH2])C[13CH2]C[C@H]([15NH2])C(C)=O. The van der Waals surface area contributed by atoms with Crippen molar-refractivity contribution in [3.8, 4) is 0 Å². The Hall–Kier alpha value is -0.410. The molecule has 3 heteroatoms. The lowest BCUT2D eigenvalue weighted by molar-refractivity contribution is -0.118. The number of Topliss-reactive ketones (excluding diaryl/α,β-unsaturated/α-hetero) is 1. The number of nitrogens with two attached hydrogens (primary N) is 2. The zero-order valence-corrected chi connectivity index (χ0v) is 6.26. The molecule has 0 bridgehead atoms. The van der Waals surface area contributed by atoms with Crippen molar-refractivity contribution in [1.82, 2.24) is 0 Å². The summed E-state index contributed by atoms with van der Waals surface area (Å²) >= 11 is 0. The monoisotopic (exact) mass is 150 g/mol. The summed E-state index contributed by atoms with van der Waals surface area (Å²) < 4.78 is 14.0. The topological polar surface area (TPSA) is 69.1 Å². The van der Waals surface area contributed by atoms with E-state index in [1.165, 1.54) is 6.92 Å². The van der Waals surface area contributed by atoms with Gasteiger partial charge in [0.25, 0.3) is 0 Å². The van der Waals surface area contributed by atoms with Crippen molar-refractivity contribution in [2.75, 3.05) is 6.50 Å². The van der Waals surface area contributed by atoms with Gasteiger partial charge >= 0.3 is 0 Å². The largest absolute Gasteiger partial charge is 0.330 e. The highest BCUT2D eigenvalue weighted by atomic mass is 16.1. The summed E-state index contributed by atoms with van der Waals surface area (Å²) in [4.78, 5) is 10.6. The fourth-order valence-corrected chi connectivity index (χ4v) is 0.627. The predicted octanol–water partition coefficient (Wildman–Crippen LogP) is 0.0317. The number of carbonyl (C=O) groups excluding carboxylic acids is 1. The average Bonchev–Trinajstić information content (AvgIpc) is 1.84. The maximum absolute atomic E-state index is 10.6. The molecule has 0 radical (unpaired) electrons. The molecule has 60 valence electrons. The van der Waals surface area contributed by atoms with Crippen molar-refractivity contribution in [2.24, 2.45) is 11.5 Å². The van der Waals surface area contributed by atoms with Gasteiger partial charge in [-0.2, -0.15) is 0 Å². The van der Waals surface area contributed by atoms with Gasteiger partial charge < -0.3 is 11.5 Å². The molecule has 0 aromatic heterocycles. The third-order valence-electron chi connectivity index (χ3n) is 1.36. The van der Waals surface area contributed by atoms with Crippen LogP contribution < -0.4 is 11.5 Å². The fourth-order valence-electron chi connectivity index (χ4n) is 0.627. The molecule has 3 nitrogen and oxygen atoms in total. The Morgan fingerprint density at radius 3 is 2.70 bits per heavy atom. The summed E-state index contributed by atoms with van der Waals surface area (Å²) in [7, 11) is 0. The summed E-state index contributed by atoms with van der Waals surface area (Å²) in [5, 5.41) is 0. The Morgan fingerprint density at radius 1 is 1.70 bits per heavy atom. The minimum absolute atomic E-state index is 0.0624. The highest BCUT2D eigenvalue weighted by molar-refractivity contribution is 5.80. The zero-order valence-electron chi connectivity index (χ0n) is 8.26. The smallest absolute Gasteiger partial charge is 0.146 e. The first-order valence-corrected chi connectivity index (χ1v) is 3.38. The van der Waals surface area contributed by atoms with Gasteiger partial charge in [-0.1, -0.05) is 6.42 Å². The predicted molar refractivity (Wildman–Crippen MR) is 41.6 cm³/mol. The van der Waals surface area contributed by atoms with E-state index in [-0.39, 0.29) is 12.2 Å². The van der Waals surface area contributed by atoms with Crippen LogP contribution in [0.4, 0.5) is 0 Å². The van der Waals surface area contributed by atoms with Crippen LogP contribution in [0.25, 0.3) is 0 Å². The van der Waals surface area contributed by atoms with Crippen molar-refractivity contribution >= 4 is 5.78 Å². The number of carbonyl (C=O) groups is 1. The summed E-state index contributed by atoms with van der Waals surface area (Å²) in [5.74, 6) is -0.0624. The van der Waals surface area contributed by atoms with E-state index in [4.69, 9.17) is 14.2 Å². The third-order valence-corrected chi connectivity index (χ3v) is 1.36. The van der Waals surface area contributed by atoms with Crippen LogP contribution in [0.5, 0.6) is 0 Å². The molecule has 0 amide bonds. The van der Waals surface area contributed by atoms with E-state index >= 15 is 0 Å². The van der Waals surface area contributed by atoms with Crippen LogP contribution in [0.3, 0.4) is 0 Å². The molecule has 0 aliphatic rings. The molecule has 0 spiro atoms. The van der Waals surface area contributed by atoms with E-state index in [2.05, 4.69) is 0 Å². The second-order valence-corrected chi connectivity index (χ2v) is 2.31. The molecule has 0 saturated carbocycles. The minimum atomic E-state index is -1.64. The first kappa shape index (κ1) is 6.31. The van der Waals surface area contributed by atoms with Crippen LogP contribution >= 0.6 is 0 Å². The Balaban J connectivity index is 3.51. The van der Waals surface area contributed by atoms with Gasteiger partial charge in [-0.05, 0) is 26.3 Å². The lowest BCUT2D eigenvalue weighted by atomic mass is 10.2. The Bertz CT molecular complexity index is 156. The fraction of sp³-hybridized carbons (Fsp3) is 0.857. The van der Waals surface area contributed by atoms with E-state index in [1.54, 1.807) is 0 Å². The third kappa shape index (κ3) is 4.47. The maximum atomic E-state index is 10.6. The van der Waals surface area contributed by atoms with E-state index in [0.29, 0.717) is 12.8 Å². The maximum Gasteiger partial charge on any atom is 0.146 e. The van der Waals surface area contributed by atoms with Crippen molar-refractivity contribution in [1.29, 1.82) is 0 Å². The number of ketones is 1. The minimum Gasteiger partial charge on any atom is -0.330 e. The molecule has 0 fully saturated rings. The van der Waals surface area contributed by atoms with Gasteiger partial charge in [-0.3, -0.25) is 4.79 Å². The summed E-state index contributed by atoms with van der Waals surface area (Å²) in [6.45, 7) is -0.210. The van der Waals surface area contributed by atoms with Crippen LogP contribution in [-0.2, 0) is 4.79 Å². The first-order chi connectivity index (χ1) is 5.33. The molecule has 10 heavy (non-hydrogen) atoms. The molecule has 0 aromatic rings. The van der Waals surface area contributed by atoms with E-state index < -0.39 is 12.5 Å². The second kappa shape index (κ2) is 5.38. The van der Waals surface area contributed by atoms with Crippen LogP contribution in [-0.4, -0.2) is 18.3 Å². The highest BCUT2D eigenvalue weighted by Crippen LogP contribution is 1.97. The normalized spacial score (nSPS) is 17.5. The number of hydrogen-bond acceptors (Lipinski definition) is 3. The molecule has 4 N–H and O–H groups in total. The molecular formula is C7H16N2O. The van der Waals surface area contributed by atoms with Gasteiger partial charge in [-0.15, -0.1) is 0 Å². The zero-order chi connectivity index (χ0) is 9.78. The van der Waals surface area contributed by atoms with Crippen LogP contribution in [0.15, 0.2) is 0 Å². The number of hydrogen-bond donors (Lipinski definition) is 2. The lowest BCUT2D eigenvalue weighted by Crippen LogP contribution is -2.28. The van der Waals surface area contributed by atoms with Crippen LogP contribution in [0.1, 0.15) is 28.9 Å². The van der Waals surface area contributed by atoms with E-state index in [0.717, 1.165) is 0 Å². The van der Waals surface area contributed by atoms with Gasteiger partial charge in [0.15, 0.2) is 0 Å². The average molecular weight is 150 g/mol. The molecular weight excluding hydrogens is 132 g/mol. The standard InChI is InChI=1S/C7H16N2O/c1-6(10)7(9)4-2-3-5-8/h7H,2-5,8-9H2,1H3/t7-/m0/s1/i2+1,5+1D2,8+1,9+1. The molecule has 0 saturated heterocycles. The molecule has 0 aliphatic carbocycles. The Morgan fingerprint density at radius 2 is 2.30 bits per heavy atom. The van der Waals surface area contributed by atoms with Gasteiger partial charge in [0.2, 0.25) is 0 Å². The molecule has 0 aliphatic heterocycles. The van der Waals surface area contributed by atoms with Gasteiger partial charge in [-0.25, -0.2) is 0 Å². The van der Waals surface area contributed by atoms with Gasteiger partial charge in [0.1, 0.15) is 5.78 Å². The Labute approximate surface area is 64.6 Å². The van der Waals surface area contributed by atoms with Crippen LogP contribution in [0.2, 0.25) is 0 Å².